The summed E-state index contributed by atoms with van der Waals surface area (Å²) in [7, 11) is 0. The van der Waals surface area contributed by atoms with Crippen LogP contribution in [0.5, 0.6) is 0 Å². The number of benzene rings is 1. The highest BCUT2D eigenvalue weighted by Gasteiger charge is 2.15. The molecule has 2 rings (SSSR count). The van der Waals surface area contributed by atoms with E-state index < -0.39 is 5.97 Å². The predicted molar refractivity (Wildman–Crippen MR) is 78.6 cm³/mol. The van der Waals surface area contributed by atoms with E-state index in [1.54, 1.807) is 12.1 Å². The fourth-order valence-corrected chi connectivity index (χ4v) is 1.81. The average molecular weight is 287 g/mol. The molecular weight excluding hydrogens is 270 g/mol. The normalized spacial score (nSPS) is 11.2. The Morgan fingerprint density at radius 3 is 2.29 bits per heavy atom. The van der Waals surface area contributed by atoms with Gasteiger partial charge in [-0.2, -0.15) is 5.10 Å². The van der Waals surface area contributed by atoms with Crippen molar-refractivity contribution in [1.82, 2.24) is 10.2 Å². The average Bonchev–Trinajstić information content (AvgIpc) is 2.86. The fourth-order valence-electron chi connectivity index (χ4n) is 1.81. The molecule has 0 spiro atoms. The van der Waals surface area contributed by atoms with Crippen molar-refractivity contribution < 1.29 is 14.7 Å². The SMILES string of the molecule is CC(C)(C)c1ccc(C(=O)Nc2cc(C(=O)O)[nH]n2)cc1. The molecule has 6 nitrogen and oxygen atoms in total. The lowest BCUT2D eigenvalue weighted by molar-refractivity contribution is 0.0690. The number of carboxylic acid groups (broad SMARTS) is 1. The molecule has 110 valence electrons. The molecule has 0 atom stereocenters. The Labute approximate surface area is 122 Å². The molecule has 0 aliphatic rings. The van der Waals surface area contributed by atoms with Crippen LogP contribution in [-0.4, -0.2) is 27.2 Å². The Bertz CT molecular complexity index is 666. The van der Waals surface area contributed by atoms with Crippen LogP contribution < -0.4 is 5.32 Å². The van der Waals surface area contributed by atoms with Gasteiger partial charge in [0.1, 0.15) is 5.69 Å². The molecule has 6 heteroatoms. The van der Waals surface area contributed by atoms with E-state index >= 15 is 0 Å². The van der Waals surface area contributed by atoms with Gasteiger partial charge in [-0.05, 0) is 23.1 Å². The number of rotatable bonds is 3. The quantitative estimate of drug-likeness (QED) is 0.808. The summed E-state index contributed by atoms with van der Waals surface area (Å²) in [6, 6.07) is 8.55. The van der Waals surface area contributed by atoms with Crippen LogP contribution >= 0.6 is 0 Å². The molecule has 1 heterocycles. The molecule has 1 amide bonds. The largest absolute Gasteiger partial charge is 0.477 e. The third kappa shape index (κ3) is 3.47. The van der Waals surface area contributed by atoms with Gasteiger partial charge in [0.2, 0.25) is 0 Å². The zero-order valence-corrected chi connectivity index (χ0v) is 12.1. The Morgan fingerprint density at radius 2 is 1.81 bits per heavy atom. The van der Waals surface area contributed by atoms with Gasteiger partial charge >= 0.3 is 5.97 Å². The Kier molecular flexibility index (Phi) is 3.80. The van der Waals surface area contributed by atoms with Crippen LogP contribution in [0, 0.1) is 0 Å². The van der Waals surface area contributed by atoms with Crippen molar-refractivity contribution in [2.45, 2.75) is 26.2 Å². The summed E-state index contributed by atoms with van der Waals surface area (Å²) in [5.74, 6) is -1.28. The summed E-state index contributed by atoms with van der Waals surface area (Å²) in [6.07, 6.45) is 0. The van der Waals surface area contributed by atoms with E-state index in [2.05, 4.69) is 36.3 Å². The van der Waals surface area contributed by atoms with Crippen LogP contribution in [0.3, 0.4) is 0 Å². The predicted octanol–water partition coefficient (Wildman–Crippen LogP) is 2.66. The Balaban J connectivity index is 2.11. The van der Waals surface area contributed by atoms with Gasteiger partial charge in [0.15, 0.2) is 5.82 Å². The van der Waals surface area contributed by atoms with E-state index in [9.17, 15) is 9.59 Å². The molecule has 21 heavy (non-hydrogen) atoms. The highest BCUT2D eigenvalue weighted by molar-refractivity contribution is 6.04. The van der Waals surface area contributed by atoms with E-state index in [0.717, 1.165) is 5.56 Å². The molecule has 0 bridgehead atoms. The fraction of sp³-hybridized carbons (Fsp3) is 0.267. The van der Waals surface area contributed by atoms with Gasteiger partial charge < -0.3 is 10.4 Å². The number of carbonyl (C=O) groups excluding carboxylic acids is 1. The minimum Gasteiger partial charge on any atom is -0.477 e. The minimum absolute atomic E-state index is 0.0214. The zero-order valence-electron chi connectivity index (χ0n) is 12.1. The molecule has 0 unspecified atom stereocenters. The maximum Gasteiger partial charge on any atom is 0.353 e. The first-order chi connectivity index (χ1) is 9.77. The molecular formula is C15H17N3O3. The van der Waals surface area contributed by atoms with E-state index in [-0.39, 0.29) is 22.8 Å². The highest BCUT2D eigenvalue weighted by atomic mass is 16.4. The zero-order chi connectivity index (χ0) is 15.6. The van der Waals surface area contributed by atoms with E-state index in [4.69, 9.17) is 5.11 Å². The summed E-state index contributed by atoms with van der Waals surface area (Å²) in [6.45, 7) is 6.29. The first-order valence-electron chi connectivity index (χ1n) is 6.48. The molecule has 3 N–H and O–H groups in total. The summed E-state index contributed by atoms with van der Waals surface area (Å²) in [4.78, 5) is 22.8. The lowest BCUT2D eigenvalue weighted by atomic mass is 9.87. The third-order valence-corrected chi connectivity index (χ3v) is 3.06. The summed E-state index contributed by atoms with van der Waals surface area (Å²) in [5.41, 5.74) is 1.57. The van der Waals surface area contributed by atoms with Gasteiger partial charge in [0.25, 0.3) is 5.91 Å². The third-order valence-electron chi connectivity index (χ3n) is 3.06. The van der Waals surface area contributed by atoms with Gasteiger partial charge in [-0.15, -0.1) is 0 Å². The molecule has 1 aromatic heterocycles. The maximum atomic E-state index is 12.0. The molecule has 0 aliphatic heterocycles. The number of aromatic carboxylic acids is 1. The molecule has 0 saturated heterocycles. The van der Waals surface area contributed by atoms with Crippen LogP contribution in [0.25, 0.3) is 0 Å². The number of hydrogen-bond acceptors (Lipinski definition) is 3. The van der Waals surface area contributed by atoms with Crippen molar-refractivity contribution in [2.75, 3.05) is 5.32 Å². The van der Waals surface area contributed by atoms with Crippen LogP contribution in [-0.2, 0) is 5.41 Å². The van der Waals surface area contributed by atoms with Gasteiger partial charge in [0, 0.05) is 11.6 Å². The van der Waals surface area contributed by atoms with Gasteiger partial charge in [-0.25, -0.2) is 4.79 Å². The van der Waals surface area contributed by atoms with Crippen molar-refractivity contribution in [2.24, 2.45) is 0 Å². The number of aromatic nitrogens is 2. The number of amides is 1. The number of hydrogen-bond donors (Lipinski definition) is 3. The molecule has 0 radical (unpaired) electrons. The standard InChI is InChI=1S/C15H17N3O3/c1-15(2,3)10-6-4-9(5-7-10)13(19)16-12-8-11(14(20)21)17-18-12/h4-8H,1-3H3,(H,20,21)(H2,16,17,18,19). The number of carbonyl (C=O) groups is 2. The number of H-pyrrole nitrogens is 1. The second-order valence-electron chi connectivity index (χ2n) is 5.75. The molecule has 1 aromatic carbocycles. The van der Waals surface area contributed by atoms with Crippen LogP contribution in [0.2, 0.25) is 0 Å². The van der Waals surface area contributed by atoms with Crippen molar-refractivity contribution in [3.8, 4) is 0 Å². The lowest BCUT2D eigenvalue weighted by Crippen LogP contribution is -2.14. The first-order valence-corrected chi connectivity index (χ1v) is 6.48. The van der Waals surface area contributed by atoms with E-state index in [1.807, 2.05) is 12.1 Å². The number of carboxylic acids is 1. The second kappa shape index (κ2) is 5.40. The Morgan fingerprint density at radius 1 is 1.19 bits per heavy atom. The number of aromatic amines is 1. The molecule has 0 aliphatic carbocycles. The summed E-state index contributed by atoms with van der Waals surface area (Å²) in [5, 5.41) is 17.4. The van der Waals surface area contributed by atoms with Crippen LogP contribution in [0.15, 0.2) is 30.3 Å². The lowest BCUT2D eigenvalue weighted by Gasteiger charge is -2.18. The van der Waals surface area contributed by atoms with Crippen molar-refractivity contribution in [1.29, 1.82) is 0 Å². The smallest absolute Gasteiger partial charge is 0.353 e. The van der Waals surface area contributed by atoms with Crippen molar-refractivity contribution >= 4 is 17.7 Å². The maximum absolute atomic E-state index is 12.0. The molecule has 0 saturated carbocycles. The van der Waals surface area contributed by atoms with Crippen LogP contribution in [0.4, 0.5) is 5.82 Å². The topological polar surface area (TPSA) is 95.1 Å². The number of nitrogens with one attached hydrogen (secondary N) is 2. The van der Waals surface area contributed by atoms with E-state index in [1.165, 1.54) is 6.07 Å². The Hall–Kier alpha value is -2.63. The van der Waals surface area contributed by atoms with Gasteiger partial charge in [0.05, 0.1) is 0 Å². The second-order valence-corrected chi connectivity index (χ2v) is 5.75. The highest BCUT2D eigenvalue weighted by Crippen LogP contribution is 2.22. The van der Waals surface area contributed by atoms with E-state index in [0.29, 0.717) is 5.56 Å². The molecule has 0 fully saturated rings. The van der Waals surface area contributed by atoms with Gasteiger partial charge in [-0.1, -0.05) is 32.9 Å². The van der Waals surface area contributed by atoms with Crippen molar-refractivity contribution in [3.63, 3.8) is 0 Å². The minimum atomic E-state index is -1.13. The summed E-state index contributed by atoms with van der Waals surface area (Å²) < 4.78 is 0. The summed E-state index contributed by atoms with van der Waals surface area (Å²) >= 11 is 0. The first kappa shape index (κ1) is 14.8. The van der Waals surface area contributed by atoms with Crippen molar-refractivity contribution in [3.05, 3.63) is 47.2 Å². The number of nitrogens with zero attached hydrogens (tertiary/aromatic N) is 1. The molecule has 2 aromatic rings. The number of anilines is 1. The monoisotopic (exact) mass is 287 g/mol. The van der Waals surface area contributed by atoms with Crippen LogP contribution in [0.1, 0.15) is 47.2 Å². The van der Waals surface area contributed by atoms with Gasteiger partial charge in [-0.3, -0.25) is 9.89 Å².